The minimum Gasteiger partial charge on any atom is -0.322 e. The van der Waals surface area contributed by atoms with Gasteiger partial charge in [0.05, 0.1) is 21.0 Å². The fourth-order valence-electron chi connectivity index (χ4n) is 2.82. The van der Waals surface area contributed by atoms with Crippen molar-refractivity contribution in [2.45, 2.75) is 11.8 Å². The summed E-state index contributed by atoms with van der Waals surface area (Å²) in [6, 6.07) is 14.6. The van der Waals surface area contributed by atoms with Crippen molar-refractivity contribution in [1.29, 1.82) is 0 Å². The number of primary sulfonamides is 1. The zero-order chi connectivity index (χ0) is 21.2. The van der Waals surface area contributed by atoms with Gasteiger partial charge in [-0.1, -0.05) is 24.3 Å². The van der Waals surface area contributed by atoms with Crippen molar-refractivity contribution < 1.29 is 18.0 Å². The Morgan fingerprint density at radius 2 is 1.79 bits per heavy atom. The lowest BCUT2D eigenvalue weighted by Crippen LogP contribution is -2.28. The van der Waals surface area contributed by atoms with Gasteiger partial charge in [0.1, 0.15) is 0 Å². The van der Waals surface area contributed by atoms with Crippen LogP contribution in [0.4, 0.5) is 11.4 Å². The molecule has 0 saturated heterocycles. The summed E-state index contributed by atoms with van der Waals surface area (Å²) in [5.74, 6) is -0.706. The van der Waals surface area contributed by atoms with Gasteiger partial charge in [-0.05, 0) is 48.2 Å². The molecule has 0 spiro atoms. The summed E-state index contributed by atoms with van der Waals surface area (Å²) in [6.45, 7) is 1.62. The standard InChI is InChI=1S/C20H19N3O4S2/c1-13-9-10-14(12-18(13)29(21,26)27)22-19(24)15-6-3-4-7-16(15)23(2)20(25)17-8-5-11-28-17/h3-12H,1-2H3,(H,22,24)(H2,21,26,27). The number of hydrogen-bond donors (Lipinski definition) is 2. The van der Waals surface area contributed by atoms with Gasteiger partial charge in [-0.3, -0.25) is 9.59 Å². The minimum atomic E-state index is -3.92. The van der Waals surface area contributed by atoms with Crippen molar-refractivity contribution in [3.63, 3.8) is 0 Å². The fraction of sp³-hybridized carbons (Fsp3) is 0.100. The highest BCUT2D eigenvalue weighted by molar-refractivity contribution is 7.89. The van der Waals surface area contributed by atoms with Crippen LogP contribution in [0.15, 0.2) is 64.9 Å². The van der Waals surface area contributed by atoms with Crippen molar-refractivity contribution in [3.05, 3.63) is 76.0 Å². The third-order valence-corrected chi connectivity index (χ3v) is 6.21. The van der Waals surface area contributed by atoms with E-state index in [0.717, 1.165) is 0 Å². The van der Waals surface area contributed by atoms with Crippen molar-refractivity contribution in [2.75, 3.05) is 17.3 Å². The van der Waals surface area contributed by atoms with Crippen LogP contribution in [0.5, 0.6) is 0 Å². The molecule has 0 aliphatic heterocycles. The average Bonchev–Trinajstić information content (AvgIpc) is 3.22. The summed E-state index contributed by atoms with van der Waals surface area (Å²) in [5, 5.41) is 9.71. The number of carbonyl (C=O) groups is 2. The van der Waals surface area contributed by atoms with Gasteiger partial charge < -0.3 is 10.2 Å². The van der Waals surface area contributed by atoms with Crippen molar-refractivity contribution in [2.24, 2.45) is 5.14 Å². The number of carbonyl (C=O) groups excluding carboxylic acids is 2. The van der Waals surface area contributed by atoms with E-state index in [4.69, 9.17) is 5.14 Å². The van der Waals surface area contributed by atoms with E-state index in [1.807, 2.05) is 0 Å². The third kappa shape index (κ3) is 4.53. The van der Waals surface area contributed by atoms with E-state index >= 15 is 0 Å². The van der Waals surface area contributed by atoms with Crippen molar-refractivity contribution in [1.82, 2.24) is 0 Å². The van der Waals surface area contributed by atoms with E-state index in [2.05, 4.69) is 5.32 Å². The molecule has 1 heterocycles. The number of sulfonamides is 1. The molecule has 2 amide bonds. The highest BCUT2D eigenvalue weighted by Crippen LogP contribution is 2.25. The number of rotatable bonds is 5. The van der Waals surface area contributed by atoms with Crippen LogP contribution in [0.1, 0.15) is 25.6 Å². The molecule has 0 atom stereocenters. The minimum absolute atomic E-state index is 0.0615. The lowest BCUT2D eigenvalue weighted by molar-refractivity contribution is 0.0996. The second-order valence-corrected chi connectivity index (χ2v) is 8.82. The SMILES string of the molecule is Cc1ccc(NC(=O)c2ccccc2N(C)C(=O)c2cccs2)cc1S(N)(=O)=O. The summed E-state index contributed by atoms with van der Waals surface area (Å²) in [7, 11) is -2.32. The van der Waals surface area contributed by atoms with Crippen LogP contribution in [0.25, 0.3) is 0 Å². The largest absolute Gasteiger partial charge is 0.322 e. The zero-order valence-electron chi connectivity index (χ0n) is 15.7. The number of thiophene rings is 1. The lowest BCUT2D eigenvalue weighted by atomic mass is 10.1. The van der Waals surface area contributed by atoms with Crippen LogP contribution >= 0.6 is 11.3 Å². The Hall–Kier alpha value is -3.01. The molecular weight excluding hydrogens is 410 g/mol. The molecule has 9 heteroatoms. The number of nitrogens with one attached hydrogen (secondary N) is 1. The third-order valence-electron chi connectivity index (χ3n) is 4.30. The molecule has 0 aliphatic carbocycles. The maximum absolute atomic E-state index is 12.9. The number of nitrogens with zero attached hydrogens (tertiary/aromatic N) is 1. The predicted molar refractivity (Wildman–Crippen MR) is 114 cm³/mol. The molecule has 0 fully saturated rings. The topological polar surface area (TPSA) is 110 Å². The molecule has 3 aromatic rings. The Labute approximate surface area is 172 Å². The molecule has 0 bridgehead atoms. The maximum Gasteiger partial charge on any atom is 0.268 e. The first-order valence-corrected chi connectivity index (χ1v) is 11.0. The van der Waals surface area contributed by atoms with E-state index in [0.29, 0.717) is 16.1 Å². The van der Waals surface area contributed by atoms with Crippen molar-refractivity contribution in [3.8, 4) is 0 Å². The monoisotopic (exact) mass is 429 g/mol. The Balaban J connectivity index is 1.91. The highest BCUT2D eigenvalue weighted by atomic mass is 32.2. The van der Waals surface area contributed by atoms with Gasteiger partial charge in [0, 0.05) is 12.7 Å². The molecule has 0 saturated carbocycles. The number of benzene rings is 2. The molecule has 2 aromatic carbocycles. The van der Waals surface area contributed by atoms with Gasteiger partial charge in [-0.2, -0.15) is 0 Å². The van der Waals surface area contributed by atoms with Gasteiger partial charge >= 0.3 is 0 Å². The number of anilines is 2. The first kappa shape index (κ1) is 20.7. The number of aryl methyl sites for hydroxylation is 1. The average molecular weight is 430 g/mol. The molecule has 3 rings (SSSR count). The normalized spacial score (nSPS) is 11.1. The molecule has 3 N–H and O–H groups in total. The van der Waals surface area contributed by atoms with Crippen LogP contribution < -0.4 is 15.4 Å². The highest BCUT2D eigenvalue weighted by Gasteiger charge is 2.21. The zero-order valence-corrected chi connectivity index (χ0v) is 17.4. The number of amides is 2. The Kier molecular flexibility index (Phi) is 5.83. The summed E-state index contributed by atoms with van der Waals surface area (Å²) >= 11 is 1.32. The van der Waals surface area contributed by atoms with Crippen LogP contribution in [0, 0.1) is 6.92 Å². The van der Waals surface area contributed by atoms with Crippen LogP contribution in [-0.4, -0.2) is 27.3 Å². The molecule has 29 heavy (non-hydrogen) atoms. The van der Waals surface area contributed by atoms with E-state index < -0.39 is 15.9 Å². The fourth-order valence-corrected chi connectivity index (χ4v) is 4.32. The van der Waals surface area contributed by atoms with Gasteiger partial charge in [-0.15, -0.1) is 11.3 Å². The Morgan fingerprint density at radius 3 is 2.45 bits per heavy atom. The molecular formula is C20H19N3O4S2. The summed E-state index contributed by atoms with van der Waals surface area (Å²) in [4.78, 5) is 27.4. The van der Waals surface area contributed by atoms with Gasteiger partial charge in [0.2, 0.25) is 10.0 Å². The van der Waals surface area contributed by atoms with Gasteiger partial charge in [0.25, 0.3) is 11.8 Å². The summed E-state index contributed by atoms with van der Waals surface area (Å²) in [5.41, 5.74) is 1.47. The number of hydrogen-bond acceptors (Lipinski definition) is 5. The molecule has 7 nitrogen and oxygen atoms in total. The van der Waals surface area contributed by atoms with Gasteiger partial charge in [-0.25, -0.2) is 13.6 Å². The van der Waals surface area contributed by atoms with Crippen LogP contribution in [-0.2, 0) is 10.0 Å². The second-order valence-electron chi connectivity index (χ2n) is 6.34. The summed E-state index contributed by atoms with van der Waals surface area (Å²) in [6.07, 6.45) is 0. The Morgan fingerprint density at radius 1 is 1.07 bits per heavy atom. The molecule has 0 radical (unpaired) electrons. The van der Waals surface area contributed by atoms with E-state index in [9.17, 15) is 18.0 Å². The molecule has 0 aliphatic rings. The first-order chi connectivity index (χ1) is 13.7. The van der Waals surface area contributed by atoms with Crippen LogP contribution in [0.2, 0.25) is 0 Å². The van der Waals surface area contributed by atoms with Gasteiger partial charge in [0.15, 0.2) is 0 Å². The van der Waals surface area contributed by atoms with E-state index in [1.165, 1.54) is 22.3 Å². The predicted octanol–water partition coefficient (Wildman–Crippen LogP) is 3.23. The Bertz CT molecular complexity index is 1170. The quantitative estimate of drug-likeness (QED) is 0.649. The maximum atomic E-state index is 12.9. The van der Waals surface area contributed by atoms with E-state index in [1.54, 1.807) is 67.9 Å². The number of nitrogens with two attached hydrogens (primary N) is 1. The van der Waals surface area contributed by atoms with Crippen molar-refractivity contribution >= 4 is 44.5 Å². The van der Waals surface area contributed by atoms with E-state index in [-0.39, 0.29) is 22.1 Å². The molecule has 150 valence electrons. The lowest BCUT2D eigenvalue weighted by Gasteiger charge is -2.20. The van der Waals surface area contributed by atoms with Crippen LogP contribution in [0.3, 0.4) is 0 Å². The second kappa shape index (κ2) is 8.16. The molecule has 0 unspecified atom stereocenters. The number of para-hydroxylation sites is 1. The smallest absolute Gasteiger partial charge is 0.268 e. The first-order valence-electron chi connectivity index (χ1n) is 8.54. The molecule has 1 aromatic heterocycles. The summed E-state index contributed by atoms with van der Waals surface area (Å²) < 4.78 is 23.4.